The van der Waals surface area contributed by atoms with Gasteiger partial charge in [0.25, 0.3) is 0 Å². The van der Waals surface area contributed by atoms with Gasteiger partial charge in [-0.05, 0) is 46.8 Å². The molecule has 1 aliphatic rings. The molecule has 3 nitrogen and oxygen atoms in total. The van der Waals surface area contributed by atoms with Crippen LogP contribution in [0.3, 0.4) is 0 Å². The number of phenolic OH excluding ortho intramolecular Hbond substituents is 1. The Labute approximate surface area is 152 Å². The van der Waals surface area contributed by atoms with Gasteiger partial charge in [0.1, 0.15) is 5.75 Å². The van der Waals surface area contributed by atoms with E-state index in [1.165, 1.54) is 7.11 Å². The Kier molecular flexibility index (Phi) is 5.28. The van der Waals surface area contributed by atoms with Crippen molar-refractivity contribution in [2.75, 3.05) is 7.11 Å². The first-order valence-electron chi connectivity index (χ1n) is 9.36. The molecule has 0 aromatic heterocycles. The van der Waals surface area contributed by atoms with Gasteiger partial charge in [-0.15, -0.1) is 0 Å². The van der Waals surface area contributed by atoms with Crippen LogP contribution < -0.4 is 0 Å². The molecule has 140 valence electrons. The van der Waals surface area contributed by atoms with E-state index in [0.717, 1.165) is 42.4 Å². The van der Waals surface area contributed by atoms with Gasteiger partial charge in [0.2, 0.25) is 0 Å². The third kappa shape index (κ3) is 4.02. The number of carbonyl (C=O) groups is 1. The van der Waals surface area contributed by atoms with Crippen LogP contribution in [0.5, 0.6) is 5.75 Å². The minimum absolute atomic E-state index is 0.0901. The number of methoxy groups -OCH3 is 1. The van der Waals surface area contributed by atoms with E-state index in [-0.39, 0.29) is 16.8 Å². The van der Waals surface area contributed by atoms with Crippen LogP contribution in [0.2, 0.25) is 0 Å². The van der Waals surface area contributed by atoms with Crippen molar-refractivity contribution >= 4 is 5.97 Å². The van der Waals surface area contributed by atoms with Gasteiger partial charge in [-0.2, -0.15) is 0 Å². The first-order valence-corrected chi connectivity index (χ1v) is 9.36. The third-order valence-corrected chi connectivity index (χ3v) is 5.51. The number of carbonyl (C=O) groups excluding carboxylic acids is 1. The van der Waals surface area contributed by atoms with E-state index in [1.54, 1.807) is 0 Å². The van der Waals surface area contributed by atoms with Crippen molar-refractivity contribution in [3.63, 3.8) is 0 Å². The first kappa shape index (κ1) is 19.8. The maximum atomic E-state index is 12.5. The zero-order chi connectivity index (χ0) is 19.0. The molecular weight excluding hydrogens is 312 g/mol. The van der Waals surface area contributed by atoms with Gasteiger partial charge < -0.3 is 9.84 Å². The highest BCUT2D eigenvalue weighted by Gasteiger charge is 2.42. The molecule has 0 amide bonds. The predicted octanol–water partition coefficient (Wildman–Crippen LogP) is 5.26. The van der Waals surface area contributed by atoms with Crippen LogP contribution in [0.1, 0.15) is 83.9 Å². The molecule has 3 heteroatoms. The minimum Gasteiger partial charge on any atom is -0.507 e. The van der Waals surface area contributed by atoms with E-state index in [4.69, 9.17) is 4.74 Å². The average molecular weight is 347 g/mol. The maximum absolute atomic E-state index is 12.5. The summed E-state index contributed by atoms with van der Waals surface area (Å²) in [6, 6.07) is 4.18. The molecule has 0 unspecified atom stereocenters. The SMILES string of the molecule is COC(=O)C1(Cc2cc(C(C)(C)C)c(O)c(C(C)(C)C)c2)CCCC1. The van der Waals surface area contributed by atoms with E-state index < -0.39 is 5.41 Å². The van der Waals surface area contributed by atoms with Crippen LogP contribution in [0.25, 0.3) is 0 Å². The lowest BCUT2D eigenvalue weighted by atomic mass is 9.74. The molecule has 1 aliphatic carbocycles. The van der Waals surface area contributed by atoms with Gasteiger partial charge in [0.05, 0.1) is 12.5 Å². The Morgan fingerprint density at radius 1 is 1.04 bits per heavy atom. The lowest BCUT2D eigenvalue weighted by Crippen LogP contribution is -2.32. The molecule has 0 atom stereocenters. The van der Waals surface area contributed by atoms with Crippen LogP contribution in [-0.2, 0) is 26.8 Å². The van der Waals surface area contributed by atoms with Crippen molar-refractivity contribution in [2.24, 2.45) is 5.41 Å². The molecule has 2 rings (SSSR count). The second-order valence-corrected chi connectivity index (χ2v) is 9.70. The summed E-state index contributed by atoms with van der Waals surface area (Å²) in [5.74, 6) is 0.301. The smallest absolute Gasteiger partial charge is 0.312 e. The topological polar surface area (TPSA) is 46.5 Å². The predicted molar refractivity (Wildman–Crippen MR) is 102 cm³/mol. The number of phenols is 1. The molecule has 0 aliphatic heterocycles. The van der Waals surface area contributed by atoms with Crippen molar-refractivity contribution in [1.82, 2.24) is 0 Å². The largest absolute Gasteiger partial charge is 0.507 e. The Morgan fingerprint density at radius 3 is 1.84 bits per heavy atom. The number of hydrogen-bond acceptors (Lipinski definition) is 3. The van der Waals surface area contributed by atoms with Crippen LogP contribution in [-0.4, -0.2) is 18.2 Å². The highest BCUT2D eigenvalue weighted by molar-refractivity contribution is 5.77. The number of ether oxygens (including phenoxy) is 1. The summed E-state index contributed by atoms with van der Waals surface area (Å²) in [4.78, 5) is 12.5. The molecular formula is C22H34O3. The lowest BCUT2D eigenvalue weighted by molar-refractivity contribution is -0.152. The Bertz CT molecular complexity index is 603. The number of rotatable bonds is 3. The highest BCUT2D eigenvalue weighted by atomic mass is 16.5. The highest BCUT2D eigenvalue weighted by Crippen LogP contribution is 2.45. The summed E-state index contributed by atoms with van der Waals surface area (Å²) in [7, 11) is 1.49. The van der Waals surface area contributed by atoms with E-state index in [0.29, 0.717) is 12.2 Å². The molecule has 0 radical (unpaired) electrons. The number of aromatic hydroxyl groups is 1. The fourth-order valence-electron chi connectivity index (χ4n) is 4.05. The normalized spacial score (nSPS) is 17.6. The maximum Gasteiger partial charge on any atom is 0.312 e. The summed E-state index contributed by atoms with van der Waals surface area (Å²) in [5, 5.41) is 10.9. The molecule has 0 spiro atoms. The van der Waals surface area contributed by atoms with Crippen molar-refractivity contribution in [2.45, 2.75) is 84.5 Å². The Balaban J connectivity index is 2.56. The molecule has 25 heavy (non-hydrogen) atoms. The molecule has 1 N–H and O–H groups in total. The van der Waals surface area contributed by atoms with Crippen LogP contribution in [0.15, 0.2) is 12.1 Å². The number of hydrogen-bond donors (Lipinski definition) is 1. The van der Waals surface area contributed by atoms with E-state index >= 15 is 0 Å². The Morgan fingerprint density at radius 2 is 1.48 bits per heavy atom. The fraction of sp³-hybridized carbons (Fsp3) is 0.682. The molecule has 0 heterocycles. The van der Waals surface area contributed by atoms with Gasteiger partial charge in [0, 0.05) is 0 Å². The molecule has 1 saturated carbocycles. The zero-order valence-corrected chi connectivity index (χ0v) is 17.0. The minimum atomic E-state index is -0.407. The van der Waals surface area contributed by atoms with Crippen LogP contribution in [0, 0.1) is 5.41 Å². The third-order valence-electron chi connectivity index (χ3n) is 5.51. The summed E-state index contributed by atoms with van der Waals surface area (Å²) in [6.45, 7) is 12.7. The zero-order valence-electron chi connectivity index (χ0n) is 17.0. The Hall–Kier alpha value is -1.51. The van der Waals surface area contributed by atoms with Crippen LogP contribution in [0.4, 0.5) is 0 Å². The van der Waals surface area contributed by atoms with E-state index in [9.17, 15) is 9.90 Å². The molecule has 1 aromatic rings. The fourth-order valence-corrected chi connectivity index (χ4v) is 4.05. The van der Waals surface area contributed by atoms with Crippen molar-refractivity contribution in [1.29, 1.82) is 0 Å². The summed E-state index contributed by atoms with van der Waals surface area (Å²) >= 11 is 0. The van der Waals surface area contributed by atoms with E-state index in [2.05, 4.69) is 53.7 Å². The number of benzene rings is 1. The van der Waals surface area contributed by atoms with Gasteiger partial charge in [-0.25, -0.2) is 0 Å². The quantitative estimate of drug-likeness (QED) is 0.759. The van der Waals surface area contributed by atoms with Gasteiger partial charge in [-0.1, -0.05) is 66.5 Å². The van der Waals surface area contributed by atoms with Gasteiger partial charge in [-0.3, -0.25) is 4.79 Å². The average Bonchev–Trinajstić information content (AvgIpc) is 2.95. The summed E-state index contributed by atoms with van der Waals surface area (Å²) in [5.41, 5.74) is 2.30. The summed E-state index contributed by atoms with van der Waals surface area (Å²) in [6.07, 6.45) is 4.61. The van der Waals surface area contributed by atoms with Crippen molar-refractivity contribution < 1.29 is 14.6 Å². The molecule has 1 fully saturated rings. The summed E-state index contributed by atoms with van der Waals surface area (Å²) < 4.78 is 5.14. The van der Waals surface area contributed by atoms with Gasteiger partial charge in [0.15, 0.2) is 0 Å². The van der Waals surface area contributed by atoms with Gasteiger partial charge >= 0.3 is 5.97 Å². The molecule has 0 saturated heterocycles. The standard InChI is InChI=1S/C22H34O3/c1-20(2,3)16-12-15(13-17(18(16)23)21(4,5)6)14-22(19(24)25-7)10-8-9-11-22/h12-13,23H,8-11,14H2,1-7H3. The van der Waals surface area contributed by atoms with Crippen molar-refractivity contribution in [3.05, 3.63) is 28.8 Å². The van der Waals surface area contributed by atoms with E-state index in [1.807, 2.05) is 0 Å². The van der Waals surface area contributed by atoms with Crippen LogP contribution >= 0.6 is 0 Å². The van der Waals surface area contributed by atoms with Crippen molar-refractivity contribution in [3.8, 4) is 5.75 Å². The molecule has 1 aromatic carbocycles. The second-order valence-electron chi connectivity index (χ2n) is 9.70. The first-order chi connectivity index (χ1) is 11.4. The molecule has 0 bridgehead atoms. The monoisotopic (exact) mass is 346 g/mol. The second kappa shape index (κ2) is 6.66. The lowest BCUT2D eigenvalue weighted by Gasteiger charge is -2.31. The number of esters is 1.